The molecule has 19 heavy (non-hydrogen) atoms. The van der Waals surface area contributed by atoms with Crippen molar-refractivity contribution in [3.63, 3.8) is 0 Å². The zero-order valence-electron chi connectivity index (χ0n) is 11.5. The Labute approximate surface area is 122 Å². The lowest BCUT2D eigenvalue weighted by atomic mass is 9.89. The number of hydrogen-bond donors (Lipinski definition) is 1. The van der Waals surface area contributed by atoms with E-state index >= 15 is 0 Å². The molecule has 1 aromatic rings. The van der Waals surface area contributed by atoms with E-state index in [0.29, 0.717) is 22.5 Å². The molecule has 1 N–H and O–H groups in total. The summed E-state index contributed by atoms with van der Waals surface area (Å²) in [5, 5.41) is 3.55. The van der Waals surface area contributed by atoms with E-state index in [0.717, 1.165) is 31.6 Å². The number of hydrogen-bond acceptors (Lipinski definition) is 2. The van der Waals surface area contributed by atoms with Crippen LogP contribution in [0.15, 0.2) is 22.7 Å². The summed E-state index contributed by atoms with van der Waals surface area (Å²) in [6.07, 6.45) is 2.31. The molecular formula is C15H21BrFNO. The number of nitrogens with one attached hydrogen (secondary N) is 1. The smallest absolute Gasteiger partial charge is 0.137 e. The number of ether oxygens (including phenoxy) is 1. The summed E-state index contributed by atoms with van der Waals surface area (Å²) in [4.78, 5) is 0. The van der Waals surface area contributed by atoms with Crippen molar-refractivity contribution in [3.05, 3.63) is 34.1 Å². The van der Waals surface area contributed by atoms with Crippen molar-refractivity contribution in [2.24, 2.45) is 5.92 Å². The van der Waals surface area contributed by atoms with E-state index < -0.39 is 0 Å². The molecule has 0 aliphatic carbocycles. The molecule has 1 heterocycles. The minimum Gasteiger partial charge on any atom is -0.378 e. The van der Waals surface area contributed by atoms with Gasteiger partial charge in [0.25, 0.3) is 0 Å². The average Bonchev–Trinajstić information content (AvgIpc) is 2.79. The minimum atomic E-state index is -0.207. The van der Waals surface area contributed by atoms with Gasteiger partial charge in [0.05, 0.1) is 10.6 Å². The van der Waals surface area contributed by atoms with Crippen molar-refractivity contribution in [1.29, 1.82) is 0 Å². The molecule has 106 valence electrons. The molecule has 0 amide bonds. The molecule has 0 bridgehead atoms. The molecule has 3 atom stereocenters. The SMILES string of the molecule is CCNC(Cc1ccc(F)c(Br)c1)C1CCOC1C. The molecule has 0 saturated carbocycles. The maximum Gasteiger partial charge on any atom is 0.137 e. The topological polar surface area (TPSA) is 21.3 Å². The molecule has 1 aromatic carbocycles. The zero-order chi connectivity index (χ0) is 13.8. The van der Waals surface area contributed by atoms with E-state index in [1.807, 2.05) is 12.1 Å². The fraction of sp³-hybridized carbons (Fsp3) is 0.600. The molecule has 1 aliphatic heterocycles. The highest BCUT2D eigenvalue weighted by molar-refractivity contribution is 9.10. The van der Waals surface area contributed by atoms with Crippen LogP contribution in [0.5, 0.6) is 0 Å². The van der Waals surface area contributed by atoms with Crippen LogP contribution >= 0.6 is 15.9 Å². The molecule has 1 fully saturated rings. The monoisotopic (exact) mass is 329 g/mol. The largest absolute Gasteiger partial charge is 0.378 e. The van der Waals surface area contributed by atoms with Crippen LogP contribution in [0.25, 0.3) is 0 Å². The molecule has 3 unspecified atom stereocenters. The third-order valence-corrected chi connectivity index (χ3v) is 4.47. The first-order valence-corrected chi connectivity index (χ1v) is 7.70. The summed E-state index contributed by atoms with van der Waals surface area (Å²) < 4.78 is 19.5. The molecule has 4 heteroatoms. The van der Waals surface area contributed by atoms with Crippen molar-refractivity contribution >= 4 is 15.9 Å². The van der Waals surface area contributed by atoms with Gasteiger partial charge in [-0.15, -0.1) is 0 Å². The van der Waals surface area contributed by atoms with E-state index in [4.69, 9.17) is 4.74 Å². The summed E-state index contributed by atoms with van der Waals surface area (Å²) in [7, 11) is 0. The van der Waals surface area contributed by atoms with E-state index in [-0.39, 0.29) is 5.82 Å². The summed E-state index contributed by atoms with van der Waals surface area (Å²) in [6, 6.07) is 5.65. The minimum absolute atomic E-state index is 0.207. The molecule has 1 aliphatic rings. The molecule has 1 saturated heterocycles. The highest BCUT2D eigenvalue weighted by Crippen LogP contribution is 2.27. The Morgan fingerprint density at radius 3 is 2.89 bits per heavy atom. The highest BCUT2D eigenvalue weighted by Gasteiger charge is 2.31. The second-order valence-corrected chi connectivity index (χ2v) is 6.00. The Kier molecular flexibility index (Phi) is 5.37. The Hall–Kier alpha value is -0.450. The third kappa shape index (κ3) is 3.77. The van der Waals surface area contributed by atoms with Crippen LogP contribution in [-0.2, 0) is 11.2 Å². The average molecular weight is 330 g/mol. The van der Waals surface area contributed by atoms with Gasteiger partial charge in [0.15, 0.2) is 0 Å². The Morgan fingerprint density at radius 2 is 2.32 bits per heavy atom. The molecule has 0 aromatic heterocycles. The van der Waals surface area contributed by atoms with Gasteiger partial charge in [0, 0.05) is 18.6 Å². The van der Waals surface area contributed by atoms with Crippen molar-refractivity contribution in [1.82, 2.24) is 5.32 Å². The van der Waals surface area contributed by atoms with E-state index in [9.17, 15) is 4.39 Å². The summed E-state index contributed by atoms with van der Waals surface area (Å²) in [6.45, 7) is 6.05. The first kappa shape index (κ1) is 14.9. The first-order chi connectivity index (χ1) is 9.11. The van der Waals surface area contributed by atoms with Crippen molar-refractivity contribution in [2.75, 3.05) is 13.2 Å². The maximum atomic E-state index is 13.3. The van der Waals surface area contributed by atoms with Crippen LogP contribution < -0.4 is 5.32 Å². The van der Waals surface area contributed by atoms with Gasteiger partial charge in [-0.25, -0.2) is 4.39 Å². The van der Waals surface area contributed by atoms with Gasteiger partial charge < -0.3 is 10.1 Å². The number of rotatable bonds is 5. The molecule has 2 nitrogen and oxygen atoms in total. The first-order valence-electron chi connectivity index (χ1n) is 6.90. The highest BCUT2D eigenvalue weighted by atomic mass is 79.9. The van der Waals surface area contributed by atoms with E-state index in [1.165, 1.54) is 6.07 Å². The summed E-state index contributed by atoms with van der Waals surface area (Å²) in [5.41, 5.74) is 1.15. The van der Waals surface area contributed by atoms with Crippen LogP contribution in [0.2, 0.25) is 0 Å². The van der Waals surface area contributed by atoms with Crippen LogP contribution in [-0.4, -0.2) is 25.3 Å². The van der Waals surface area contributed by atoms with Gasteiger partial charge in [0.1, 0.15) is 5.82 Å². The van der Waals surface area contributed by atoms with Crippen LogP contribution in [0.1, 0.15) is 25.8 Å². The number of halogens is 2. The Bertz CT molecular complexity index is 427. The van der Waals surface area contributed by atoms with Crippen molar-refractivity contribution < 1.29 is 9.13 Å². The van der Waals surface area contributed by atoms with Crippen LogP contribution in [0.3, 0.4) is 0 Å². The Balaban J connectivity index is 2.09. The van der Waals surface area contributed by atoms with Gasteiger partial charge in [-0.2, -0.15) is 0 Å². The molecule has 0 spiro atoms. The Morgan fingerprint density at radius 1 is 1.53 bits per heavy atom. The van der Waals surface area contributed by atoms with Gasteiger partial charge >= 0.3 is 0 Å². The van der Waals surface area contributed by atoms with Gasteiger partial charge in [-0.3, -0.25) is 0 Å². The van der Waals surface area contributed by atoms with E-state index in [2.05, 4.69) is 35.1 Å². The fourth-order valence-corrected chi connectivity index (χ4v) is 3.26. The second kappa shape index (κ2) is 6.82. The van der Waals surface area contributed by atoms with Crippen molar-refractivity contribution in [3.8, 4) is 0 Å². The molecular weight excluding hydrogens is 309 g/mol. The predicted octanol–water partition coefficient (Wildman–Crippen LogP) is 3.53. The van der Waals surface area contributed by atoms with Gasteiger partial charge in [0.2, 0.25) is 0 Å². The van der Waals surface area contributed by atoms with Gasteiger partial charge in [-0.1, -0.05) is 13.0 Å². The lowest BCUT2D eigenvalue weighted by Crippen LogP contribution is -2.40. The summed E-state index contributed by atoms with van der Waals surface area (Å²) >= 11 is 3.25. The standard InChI is InChI=1S/C15H21BrFNO/c1-3-18-15(12-6-7-19-10(12)2)9-11-4-5-14(17)13(16)8-11/h4-5,8,10,12,15,18H,3,6-7,9H2,1-2H3. The third-order valence-electron chi connectivity index (χ3n) is 3.86. The molecule has 0 radical (unpaired) electrons. The quantitative estimate of drug-likeness (QED) is 0.892. The second-order valence-electron chi connectivity index (χ2n) is 5.15. The summed E-state index contributed by atoms with van der Waals surface area (Å²) in [5.74, 6) is 0.324. The van der Waals surface area contributed by atoms with Crippen molar-refractivity contribution in [2.45, 2.75) is 38.8 Å². The van der Waals surface area contributed by atoms with Gasteiger partial charge in [-0.05, 0) is 59.9 Å². The van der Waals surface area contributed by atoms with Crippen LogP contribution in [0.4, 0.5) is 4.39 Å². The lowest BCUT2D eigenvalue weighted by Gasteiger charge is -2.26. The maximum absolute atomic E-state index is 13.3. The number of benzene rings is 1. The lowest BCUT2D eigenvalue weighted by molar-refractivity contribution is 0.0956. The number of likely N-dealkylation sites (N-methyl/N-ethyl adjacent to an activating group) is 1. The predicted molar refractivity (Wildman–Crippen MR) is 78.8 cm³/mol. The fourth-order valence-electron chi connectivity index (χ4n) is 2.83. The molecule has 2 rings (SSSR count). The van der Waals surface area contributed by atoms with Crippen LogP contribution in [0, 0.1) is 11.7 Å². The van der Waals surface area contributed by atoms with E-state index in [1.54, 1.807) is 0 Å². The zero-order valence-corrected chi connectivity index (χ0v) is 13.0. The normalized spacial score (nSPS) is 24.6.